The standard InChI is InChI=1S/C33H39NO2S/c1-6-37(5)34-32-22(3)28(20-29(35)36)30(24-18-16-21(2)17-19-24)23(4)31(32)26-14-10-11-15-27(26)33(34)25-12-8-7-9-13-25/h6,10-11,14-19,25,33H,7-9,12-13,20H2,1-5H3,(H,35,36)/t33-,37?/m1/s1. The summed E-state index contributed by atoms with van der Waals surface area (Å²) in [5, 5.41) is 12.3. The van der Waals surface area contributed by atoms with Crippen molar-refractivity contribution in [3.63, 3.8) is 0 Å². The van der Waals surface area contributed by atoms with Crippen LogP contribution in [-0.2, 0) is 11.2 Å². The molecule has 194 valence electrons. The molecule has 1 aliphatic carbocycles. The average molecular weight is 514 g/mol. The molecule has 1 heterocycles. The highest BCUT2D eigenvalue weighted by molar-refractivity contribution is 8.15. The van der Waals surface area contributed by atoms with Gasteiger partial charge in [-0.05, 0) is 97.0 Å². The van der Waals surface area contributed by atoms with E-state index in [-0.39, 0.29) is 17.1 Å². The van der Waals surface area contributed by atoms with Gasteiger partial charge in [-0.1, -0.05) is 73.4 Å². The fraction of sp³-hybridized carbons (Fsp3) is 0.394. The molecule has 4 heteroatoms. The minimum absolute atomic E-state index is 0.0279. The van der Waals surface area contributed by atoms with E-state index < -0.39 is 5.97 Å². The first kappa shape index (κ1) is 25.8. The number of anilines is 1. The molecule has 0 saturated heterocycles. The molecule has 0 aromatic heterocycles. The van der Waals surface area contributed by atoms with Crippen molar-refractivity contribution in [3.8, 4) is 22.3 Å². The highest BCUT2D eigenvalue weighted by Gasteiger charge is 2.40. The molecule has 1 saturated carbocycles. The zero-order valence-corrected chi connectivity index (χ0v) is 23.6. The number of rotatable bonds is 5. The van der Waals surface area contributed by atoms with E-state index in [4.69, 9.17) is 0 Å². The predicted molar refractivity (Wildman–Crippen MR) is 160 cm³/mol. The van der Waals surface area contributed by atoms with Gasteiger partial charge in [0.1, 0.15) is 0 Å². The molecule has 1 unspecified atom stereocenters. The largest absolute Gasteiger partial charge is 0.481 e. The monoisotopic (exact) mass is 513 g/mol. The molecule has 37 heavy (non-hydrogen) atoms. The summed E-state index contributed by atoms with van der Waals surface area (Å²) in [5.74, 6) is -0.169. The number of fused-ring (bicyclic) bond motifs is 3. The lowest BCUT2D eigenvalue weighted by molar-refractivity contribution is -0.136. The van der Waals surface area contributed by atoms with E-state index in [0.29, 0.717) is 12.0 Å². The Balaban J connectivity index is 1.87. The molecule has 1 aliphatic heterocycles. The number of aliphatic carboxylic acids is 1. The summed E-state index contributed by atoms with van der Waals surface area (Å²) < 4.78 is 2.68. The van der Waals surface area contributed by atoms with Crippen LogP contribution in [0, 0.1) is 26.7 Å². The van der Waals surface area contributed by atoms with Gasteiger partial charge in [0.05, 0.1) is 18.2 Å². The third kappa shape index (κ3) is 4.54. The lowest BCUT2D eigenvalue weighted by atomic mass is 9.74. The van der Waals surface area contributed by atoms with Crippen LogP contribution in [0.3, 0.4) is 0 Å². The normalized spacial score (nSPS) is 18.4. The Kier molecular flexibility index (Phi) is 7.31. The Labute approximate surface area is 224 Å². The summed E-state index contributed by atoms with van der Waals surface area (Å²) >= 11 is 0. The second-order valence-corrected chi connectivity index (χ2v) is 12.7. The zero-order valence-electron chi connectivity index (χ0n) is 22.8. The van der Waals surface area contributed by atoms with Crippen LogP contribution in [-0.4, -0.2) is 22.7 Å². The smallest absolute Gasteiger partial charge is 0.307 e. The van der Waals surface area contributed by atoms with E-state index in [2.05, 4.69) is 92.2 Å². The molecular weight excluding hydrogens is 474 g/mol. The van der Waals surface area contributed by atoms with Crippen LogP contribution in [0.1, 0.15) is 72.9 Å². The Morgan fingerprint density at radius 2 is 1.65 bits per heavy atom. The molecule has 3 aromatic carbocycles. The van der Waals surface area contributed by atoms with Crippen LogP contribution in [0.15, 0.2) is 48.5 Å². The summed E-state index contributed by atoms with van der Waals surface area (Å²) in [6.45, 7) is 8.64. The number of benzene rings is 3. The summed E-state index contributed by atoms with van der Waals surface area (Å²) in [6, 6.07) is 17.9. The molecule has 0 radical (unpaired) electrons. The summed E-state index contributed by atoms with van der Waals surface area (Å²) in [4.78, 5) is 12.2. The first-order valence-electron chi connectivity index (χ1n) is 13.6. The number of hydrogen-bond donors (Lipinski definition) is 1. The van der Waals surface area contributed by atoms with Gasteiger partial charge in [0.25, 0.3) is 0 Å². The van der Waals surface area contributed by atoms with Gasteiger partial charge in [0, 0.05) is 5.56 Å². The quantitative estimate of drug-likeness (QED) is 0.347. The highest BCUT2D eigenvalue weighted by atomic mass is 32.2. The van der Waals surface area contributed by atoms with Crippen LogP contribution in [0.4, 0.5) is 5.69 Å². The zero-order chi connectivity index (χ0) is 26.3. The molecule has 2 aliphatic rings. The first-order chi connectivity index (χ1) is 17.8. The number of carbonyl (C=O) groups is 1. The van der Waals surface area contributed by atoms with E-state index in [0.717, 1.165) is 22.3 Å². The molecule has 3 nitrogen and oxygen atoms in total. The number of hydrogen-bond acceptors (Lipinski definition) is 2. The molecule has 3 aromatic rings. The summed E-state index contributed by atoms with van der Waals surface area (Å²) in [5.41, 5.74) is 11.9. The third-order valence-corrected chi connectivity index (χ3v) is 10.2. The fourth-order valence-corrected chi connectivity index (χ4v) is 8.10. The van der Waals surface area contributed by atoms with E-state index in [1.807, 2.05) is 0 Å². The van der Waals surface area contributed by atoms with Gasteiger partial charge in [-0.2, -0.15) is 0 Å². The molecular formula is C33H39NO2S. The molecule has 1 fully saturated rings. The molecule has 0 spiro atoms. The van der Waals surface area contributed by atoms with E-state index in [9.17, 15) is 9.90 Å². The fourth-order valence-electron chi connectivity index (χ4n) is 6.72. The predicted octanol–water partition coefficient (Wildman–Crippen LogP) is 8.65. The number of carboxylic acids is 1. The maximum Gasteiger partial charge on any atom is 0.307 e. The van der Waals surface area contributed by atoms with Crippen LogP contribution in [0.25, 0.3) is 22.3 Å². The van der Waals surface area contributed by atoms with Gasteiger partial charge < -0.3 is 9.41 Å². The Bertz CT molecular complexity index is 1370. The maximum atomic E-state index is 12.2. The van der Waals surface area contributed by atoms with Crippen molar-refractivity contribution in [1.82, 2.24) is 0 Å². The SMILES string of the molecule is C/C=S(/C)N1c2c(C)c(CC(=O)O)c(-c3ccc(C)cc3)c(C)c2-c2ccccc2[C@H]1C1CCCCC1. The van der Waals surface area contributed by atoms with Gasteiger partial charge in [-0.3, -0.25) is 4.79 Å². The van der Waals surface area contributed by atoms with Crippen molar-refractivity contribution in [1.29, 1.82) is 0 Å². The van der Waals surface area contributed by atoms with Crippen LogP contribution < -0.4 is 4.31 Å². The van der Waals surface area contributed by atoms with Crippen molar-refractivity contribution in [2.45, 2.75) is 72.3 Å². The van der Waals surface area contributed by atoms with Gasteiger partial charge in [0.2, 0.25) is 0 Å². The van der Waals surface area contributed by atoms with E-state index in [1.54, 1.807) is 0 Å². The Morgan fingerprint density at radius 1 is 0.973 bits per heavy atom. The minimum atomic E-state index is -0.778. The van der Waals surface area contributed by atoms with Gasteiger partial charge in [-0.25, -0.2) is 0 Å². The maximum absolute atomic E-state index is 12.2. The number of aryl methyl sites for hydroxylation is 1. The lowest BCUT2D eigenvalue weighted by Gasteiger charge is -2.47. The van der Waals surface area contributed by atoms with Crippen molar-refractivity contribution < 1.29 is 9.90 Å². The Morgan fingerprint density at radius 3 is 2.30 bits per heavy atom. The van der Waals surface area contributed by atoms with Crippen molar-refractivity contribution >= 4 is 27.7 Å². The van der Waals surface area contributed by atoms with Crippen molar-refractivity contribution in [3.05, 3.63) is 76.3 Å². The molecule has 0 amide bonds. The van der Waals surface area contributed by atoms with Gasteiger partial charge in [-0.15, -0.1) is 10.7 Å². The van der Waals surface area contributed by atoms with E-state index >= 15 is 0 Å². The number of carboxylic acid groups (broad SMARTS) is 1. The van der Waals surface area contributed by atoms with E-state index in [1.165, 1.54) is 65.6 Å². The van der Waals surface area contributed by atoms with Crippen LogP contribution in [0.5, 0.6) is 0 Å². The average Bonchev–Trinajstić information content (AvgIpc) is 2.91. The van der Waals surface area contributed by atoms with Crippen molar-refractivity contribution in [2.24, 2.45) is 5.92 Å². The van der Waals surface area contributed by atoms with Crippen molar-refractivity contribution in [2.75, 3.05) is 10.6 Å². The lowest BCUT2D eigenvalue weighted by Crippen LogP contribution is -2.35. The second-order valence-electron chi connectivity index (χ2n) is 10.8. The van der Waals surface area contributed by atoms with Gasteiger partial charge >= 0.3 is 5.97 Å². The summed E-state index contributed by atoms with van der Waals surface area (Å²) in [6.07, 6.45) is 8.80. The number of nitrogens with zero attached hydrogens (tertiary/aromatic N) is 1. The molecule has 0 bridgehead atoms. The van der Waals surface area contributed by atoms with Crippen LogP contribution in [0.2, 0.25) is 0 Å². The first-order valence-corrected chi connectivity index (χ1v) is 15.3. The van der Waals surface area contributed by atoms with Gasteiger partial charge in [0.15, 0.2) is 0 Å². The van der Waals surface area contributed by atoms with Crippen LogP contribution >= 0.6 is 10.7 Å². The molecule has 5 rings (SSSR count). The summed E-state index contributed by atoms with van der Waals surface area (Å²) in [7, 11) is -0.0966. The molecule has 1 N–H and O–H groups in total. The third-order valence-electron chi connectivity index (χ3n) is 8.53. The second kappa shape index (κ2) is 10.5. The Hall–Kier alpha value is -2.85. The topological polar surface area (TPSA) is 40.5 Å². The minimum Gasteiger partial charge on any atom is -0.481 e. The molecule has 2 atom stereocenters. The highest BCUT2D eigenvalue weighted by Crippen LogP contribution is 2.57.